The fraction of sp³-hybridized carbons (Fsp3) is 0.368. The molecule has 1 aliphatic heterocycles. The smallest absolute Gasteiger partial charge is 0.122 e. The Balaban J connectivity index is 0.00000192. The fourth-order valence-electron chi connectivity index (χ4n) is 2.72. The van der Waals surface area contributed by atoms with Crippen LogP contribution in [-0.4, -0.2) is 44.4 Å². The van der Waals surface area contributed by atoms with E-state index in [1.165, 1.54) is 11.1 Å². The molecule has 1 aliphatic rings. The van der Waals surface area contributed by atoms with Crippen LogP contribution < -0.4 is 4.74 Å². The highest BCUT2D eigenvalue weighted by atomic mass is 35.5. The Morgan fingerprint density at radius 1 is 0.913 bits per heavy atom. The molecule has 0 spiro atoms. The SMILES string of the molecule is Cl.c1ccc(Cc2ccccc2OCCN2CCOCC2)cc1. The molecule has 0 unspecified atom stereocenters. The van der Waals surface area contributed by atoms with E-state index >= 15 is 0 Å². The van der Waals surface area contributed by atoms with Crippen molar-refractivity contribution in [2.75, 3.05) is 39.5 Å². The lowest BCUT2D eigenvalue weighted by molar-refractivity contribution is 0.0322. The topological polar surface area (TPSA) is 21.7 Å². The van der Waals surface area contributed by atoms with Crippen molar-refractivity contribution in [1.82, 2.24) is 4.90 Å². The lowest BCUT2D eigenvalue weighted by Gasteiger charge is -2.26. The highest BCUT2D eigenvalue weighted by Gasteiger charge is 2.10. The van der Waals surface area contributed by atoms with Crippen molar-refractivity contribution in [3.8, 4) is 5.75 Å². The van der Waals surface area contributed by atoms with Gasteiger partial charge in [-0.25, -0.2) is 0 Å². The number of benzene rings is 2. The van der Waals surface area contributed by atoms with Gasteiger partial charge in [-0.15, -0.1) is 12.4 Å². The Labute approximate surface area is 144 Å². The molecule has 1 fully saturated rings. The van der Waals surface area contributed by atoms with Crippen LogP contribution in [0.2, 0.25) is 0 Å². The third-order valence-corrected chi connectivity index (χ3v) is 3.98. The van der Waals surface area contributed by atoms with Crippen molar-refractivity contribution >= 4 is 12.4 Å². The Bertz CT molecular complexity index is 571. The summed E-state index contributed by atoms with van der Waals surface area (Å²) in [5.74, 6) is 1.000. The van der Waals surface area contributed by atoms with E-state index in [4.69, 9.17) is 9.47 Å². The van der Waals surface area contributed by atoms with Gasteiger partial charge in [0.25, 0.3) is 0 Å². The predicted molar refractivity (Wildman–Crippen MR) is 95.7 cm³/mol. The van der Waals surface area contributed by atoms with Crippen molar-refractivity contribution in [1.29, 1.82) is 0 Å². The van der Waals surface area contributed by atoms with Gasteiger partial charge < -0.3 is 9.47 Å². The van der Waals surface area contributed by atoms with Gasteiger partial charge in [0, 0.05) is 26.1 Å². The summed E-state index contributed by atoms with van der Waals surface area (Å²) in [5, 5.41) is 0. The van der Waals surface area contributed by atoms with E-state index in [2.05, 4.69) is 47.4 Å². The van der Waals surface area contributed by atoms with Crippen molar-refractivity contribution in [3.63, 3.8) is 0 Å². The quantitative estimate of drug-likeness (QED) is 0.808. The van der Waals surface area contributed by atoms with Crippen LogP contribution in [0.25, 0.3) is 0 Å². The zero-order valence-electron chi connectivity index (χ0n) is 13.3. The molecule has 2 aromatic carbocycles. The molecule has 3 nitrogen and oxygen atoms in total. The van der Waals surface area contributed by atoms with Crippen molar-refractivity contribution in [2.24, 2.45) is 0 Å². The maximum absolute atomic E-state index is 6.03. The lowest BCUT2D eigenvalue weighted by atomic mass is 10.0. The number of nitrogens with zero attached hydrogens (tertiary/aromatic N) is 1. The molecule has 0 bridgehead atoms. The van der Waals surface area contributed by atoms with Crippen LogP contribution in [0.15, 0.2) is 54.6 Å². The lowest BCUT2D eigenvalue weighted by Crippen LogP contribution is -2.38. The van der Waals surface area contributed by atoms with E-state index in [0.717, 1.165) is 51.6 Å². The first-order valence-electron chi connectivity index (χ1n) is 7.96. The van der Waals surface area contributed by atoms with Crippen LogP contribution in [0.3, 0.4) is 0 Å². The maximum Gasteiger partial charge on any atom is 0.122 e. The van der Waals surface area contributed by atoms with Gasteiger partial charge in [-0.05, 0) is 17.2 Å². The minimum atomic E-state index is 0. The van der Waals surface area contributed by atoms with E-state index in [1.807, 2.05) is 12.1 Å². The first-order chi connectivity index (χ1) is 10.9. The predicted octanol–water partition coefficient (Wildman–Crippen LogP) is 3.41. The van der Waals surface area contributed by atoms with Crippen molar-refractivity contribution in [2.45, 2.75) is 6.42 Å². The summed E-state index contributed by atoms with van der Waals surface area (Å²) in [7, 11) is 0. The van der Waals surface area contributed by atoms with Crippen LogP contribution in [0.5, 0.6) is 5.75 Å². The zero-order valence-corrected chi connectivity index (χ0v) is 14.1. The van der Waals surface area contributed by atoms with E-state index in [1.54, 1.807) is 0 Å². The van der Waals surface area contributed by atoms with Crippen molar-refractivity contribution < 1.29 is 9.47 Å². The van der Waals surface area contributed by atoms with Gasteiger partial charge in [0.2, 0.25) is 0 Å². The molecular formula is C19H24ClNO2. The first kappa shape index (κ1) is 17.8. The van der Waals surface area contributed by atoms with Gasteiger partial charge in [0.05, 0.1) is 13.2 Å². The van der Waals surface area contributed by atoms with Gasteiger partial charge in [0.1, 0.15) is 12.4 Å². The number of morpholine rings is 1. The molecular weight excluding hydrogens is 310 g/mol. The summed E-state index contributed by atoms with van der Waals surface area (Å²) in [4.78, 5) is 2.39. The van der Waals surface area contributed by atoms with Gasteiger partial charge >= 0.3 is 0 Å². The molecule has 2 aromatic rings. The second kappa shape index (κ2) is 9.56. The van der Waals surface area contributed by atoms with Gasteiger partial charge in [-0.1, -0.05) is 48.5 Å². The van der Waals surface area contributed by atoms with Crippen LogP contribution in [0.4, 0.5) is 0 Å². The standard InChI is InChI=1S/C19H23NO2.ClH/c1-2-6-17(7-3-1)16-18-8-4-5-9-19(18)22-15-12-20-10-13-21-14-11-20;/h1-9H,10-16H2;1H. The number of hydrogen-bond donors (Lipinski definition) is 0. The molecule has 1 saturated heterocycles. The molecule has 0 saturated carbocycles. The van der Waals surface area contributed by atoms with Crippen LogP contribution in [0, 0.1) is 0 Å². The molecule has 1 heterocycles. The highest BCUT2D eigenvalue weighted by molar-refractivity contribution is 5.85. The summed E-state index contributed by atoms with van der Waals surface area (Å²) in [6, 6.07) is 18.9. The average Bonchev–Trinajstić information content (AvgIpc) is 2.58. The Morgan fingerprint density at radius 2 is 1.61 bits per heavy atom. The third kappa shape index (κ3) is 5.54. The first-order valence-corrected chi connectivity index (χ1v) is 7.96. The average molecular weight is 334 g/mol. The molecule has 23 heavy (non-hydrogen) atoms. The van der Waals surface area contributed by atoms with Gasteiger partial charge in [-0.2, -0.15) is 0 Å². The maximum atomic E-state index is 6.03. The van der Waals surface area contributed by atoms with Crippen LogP contribution in [-0.2, 0) is 11.2 Å². The molecule has 0 radical (unpaired) electrons. The summed E-state index contributed by atoms with van der Waals surface area (Å²) < 4.78 is 11.4. The van der Waals surface area contributed by atoms with E-state index in [-0.39, 0.29) is 12.4 Å². The third-order valence-electron chi connectivity index (χ3n) is 3.98. The molecule has 3 rings (SSSR count). The Morgan fingerprint density at radius 3 is 2.39 bits per heavy atom. The van der Waals surface area contributed by atoms with Crippen molar-refractivity contribution in [3.05, 3.63) is 65.7 Å². The second-order valence-corrected chi connectivity index (χ2v) is 5.57. The molecule has 0 aromatic heterocycles. The van der Waals surface area contributed by atoms with E-state index in [0.29, 0.717) is 0 Å². The largest absolute Gasteiger partial charge is 0.492 e. The normalized spacial score (nSPS) is 15.0. The minimum absolute atomic E-state index is 0. The van der Waals surface area contributed by atoms with Crippen LogP contribution in [0.1, 0.15) is 11.1 Å². The van der Waals surface area contributed by atoms with Gasteiger partial charge in [0.15, 0.2) is 0 Å². The van der Waals surface area contributed by atoms with Crippen LogP contribution >= 0.6 is 12.4 Å². The molecule has 0 atom stereocenters. The second-order valence-electron chi connectivity index (χ2n) is 5.57. The Hall–Kier alpha value is -1.55. The molecule has 0 aliphatic carbocycles. The molecule has 4 heteroatoms. The molecule has 124 valence electrons. The number of hydrogen-bond acceptors (Lipinski definition) is 3. The summed E-state index contributed by atoms with van der Waals surface area (Å²) in [6.45, 7) is 5.38. The molecule has 0 amide bonds. The number of rotatable bonds is 6. The molecule has 0 N–H and O–H groups in total. The van der Waals surface area contributed by atoms with E-state index < -0.39 is 0 Å². The summed E-state index contributed by atoms with van der Waals surface area (Å²) >= 11 is 0. The number of halogens is 1. The number of ether oxygens (including phenoxy) is 2. The summed E-state index contributed by atoms with van der Waals surface area (Å²) in [5.41, 5.74) is 2.56. The highest BCUT2D eigenvalue weighted by Crippen LogP contribution is 2.21. The van der Waals surface area contributed by atoms with Gasteiger partial charge in [-0.3, -0.25) is 4.90 Å². The Kier molecular flexibility index (Phi) is 7.40. The number of para-hydroxylation sites is 1. The monoisotopic (exact) mass is 333 g/mol. The zero-order chi connectivity index (χ0) is 15.0. The summed E-state index contributed by atoms with van der Waals surface area (Å²) in [6.07, 6.45) is 0.911. The van der Waals surface area contributed by atoms with E-state index in [9.17, 15) is 0 Å². The minimum Gasteiger partial charge on any atom is -0.492 e. The fourth-order valence-corrected chi connectivity index (χ4v) is 2.72.